The van der Waals surface area contributed by atoms with E-state index in [1.165, 1.54) is 31.8 Å². The number of allylic oxidation sites excluding steroid dienone is 8. The van der Waals surface area contributed by atoms with Gasteiger partial charge in [0.2, 0.25) is 5.69 Å². The number of rotatable bonds is 11. The molecule has 0 fully saturated rings. The molecule has 0 amide bonds. The van der Waals surface area contributed by atoms with Gasteiger partial charge < -0.3 is 19.6 Å². The minimum atomic E-state index is -4.53. The number of fused-ring (bicyclic) bond motifs is 2. The SMILES string of the molecule is CC(C=CC=C1N(C)c2ccc(S(=O)(=O)[O-])cc2C1(C)C)=CC=CC1=[N+](C)c2ccc(SOO[O-])cc2C1(C)C.CC[NH+](CC)CC. The fourth-order valence-corrected chi connectivity index (χ4v) is 7.17. The molecule has 0 bridgehead atoms. The molecule has 0 spiro atoms. The van der Waals surface area contributed by atoms with Crippen molar-refractivity contribution in [1.82, 2.24) is 0 Å². The number of anilines is 1. The first-order chi connectivity index (χ1) is 22.0. The Morgan fingerprint density at radius 3 is 2.23 bits per heavy atom. The summed E-state index contributed by atoms with van der Waals surface area (Å²) in [5.41, 5.74) is 6.36. The van der Waals surface area contributed by atoms with Crippen LogP contribution in [-0.4, -0.2) is 57.0 Å². The van der Waals surface area contributed by atoms with Crippen molar-refractivity contribution in [3.8, 4) is 0 Å². The molecule has 0 unspecified atom stereocenters. The maximum Gasteiger partial charge on any atom is 0.209 e. The zero-order valence-corrected chi connectivity index (χ0v) is 30.8. The minimum Gasteiger partial charge on any atom is -0.744 e. The Labute approximate surface area is 285 Å². The number of hydrogen-bond donors (Lipinski definition) is 1. The Bertz CT molecular complexity index is 1700. The van der Waals surface area contributed by atoms with E-state index in [2.05, 4.69) is 54.6 Å². The Morgan fingerprint density at radius 1 is 1.00 bits per heavy atom. The van der Waals surface area contributed by atoms with Crippen LogP contribution >= 0.6 is 12.0 Å². The van der Waals surface area contributed by atoms with Crippen LogP contribution in [-0.2, 0) is 30.3 Å². The highest BCUT2D eigenvalue weighted by atomic mass is 32.2. The van der Waals surface area contributed by atoms with Gasteiger partial charge in [-0.25, -0.2) is 8.42 Å². The molecule has 2 aromatic rings. The summed E-state index contributed by atoms with van der Waals surface area (Å²) in [5, 5.41) is 13.7. The molecule has 2 aliphatic rings. The van der Waals surface area contributed by atoms with E-state index in [-0.39, 0.29) is 10.3 Å². The first-order valence-corrected chi connectivity index (χ1v) is 18.0. The second-order valence-electron chi connectivity index (χ2n) is 12.8. The summed E-state index contributed by atoms with van der Waals surface area (Å²) < 4.78 is 41.3. The van der Waals surface area contributed by atoms with Crippen LogP contribution in [0.15, 0.2) is 93.9 Å². The smallest absolute Gasteiger partial charge is 0.209 e. The van der Waals surface area contributed by atoms with Gasteiger partial charge in [0.05, 0.1) is 42.0 Å². The van der Waals surface area contributed by atoms with Crippen LogP contribution in [0.1, 0.15) is 66.5 Å². The van der Waals surface area contributed by atoms with Crippen molar-refractivity contribution in [2.24, 2.45) is 0 Å². The monoisotopic (exact) mass is 683 g/mol. The molecule has 2 aromatic carbocycles. The molecule has 0 aliphatic carbocycles. The van der Waals surface area contributed by atoms with E-state index in [1.807, 2.05) is 88.3 Å². The second kappa shape index (κ2) is 15.9. The zero-order valence-electron chi connectivity index (χ0n) is 29.2. The van der Waals surface area contributed by atoms with Crippen LogP contribution in [0.5, 0.6) is 0 Å². The van der Waals surface area contributed by atoms with Crippen molar-refractivity contribution in [1.29, 1.82) is 0 Å². The van der Waals surface area contributed by atoms with E-state index in [0.717, 1.165) is 56.4 Å². The first-order valence-electron chi connectivity index (χ1n) is 15.8. The Kier molecular flexibility index (Phi) is 13.0. The normalized spacial score (nSPS) is 18.0. The standard InChI is InChI=1S/C30H34N2O6S2.C6H15N/c1-20(10-8-12-27-29(2,3)23-18-21(39-38-37-33)14-16-25(23)31(27)6)11-9-13-28-30(4,5)24-19-22(40(34,35)36)15-17-26(24)32(28)7;1-4-7(5-2)6-3/h8-19H,1-7H3,(H-,33,34,35,36);4-6H2,1-3H3. The number of benzene rings is 2. The molecule has 0 radical (unpaired) electrons. The van der Waals surface area contributed by atoms with Gasteiger partial charge >= 0.3 is 0 Å². The molecule has 0 saturated carbocycles. The van der Waals surface area contributed by atoms with Gasteiger partial charge in [0, 0.05) is 46.4 Å². The Balaban J connectivity index is 0.000000771. The predicted octanol–water partition coefficient (Wildman–Crippen LogP) is 5.13. The fourth-order valence-electron chi connectivity index (χ4n) is 6.28. The molecule has 47 heavy (non-hydrogen) atoms. The quantitative estimate of drug-likeness (QED) is 0.0868. The molecule has 2 aliphatic heterocycles. The highest BCUT2D eigenvalue weighted by Gasteiger charge is 2.43. The summed E-state index contributed by atoms with van der Waals surface area (Å²) in [5.74, 6) is 0. The van der Waals surface area contributed by atoms with Crippen molar-refractivity contribution in [3.05, 3.63) is 95.3 Å². The lowest BCUT2D eigenvalue weighted by Crippen LogP contribution is -3.11. The molecule has 256 valence electrons. The lowest BCUT2D eigenvalue weighted by molar-refractivity contribution is -0.894. The van der Waals surface area contributed by atoms with Crippen molar-refractivity contribution in [2.45, 2.75) is 76.0 Å². The van der Waals surface area contributed by atoms with Crippen molar-refractivity contribution >= 4 is 39.2 Å². The number of nitrogens with zero attached hydrogens (tertiary/aromatic N) is 2. The van der Waals surface area contributed by atoms with E-state index in [0.29, 0.717) is 0 Å². The summed E-state index contributed by atoms with van der Waals surface area (Å²) in [6.07, 6.45) is 12.2. The van der Waals surface area contributed by atoms with Crippen molar-refractivity contribution < 1.29 is 37.1 Å². The van der Waals surface area contributed by atoms with Gasteiger partial charge in [-0.2, -0.15) is 8.91 Å². The average molecular weight is 684 g/mol. The van der Waals surface area contributed by atoms with Crippen molar-refractivity contribution in [2.75, 3.05) is 38.6 Å². The molecule has 2 heterocycles. The average Bonchev–Trinajstić information content (AvgIpc) is 3.33. The Morgan fingerprint density at radius 2 is 1.66 bits per heavy atom. The number of likely N-dealkylation sites (N-methyl/N-ethyl adjacent to an activating group) is 1. The van der Waals surface area contributed by atoms with E-state index in [9.17, 15) is 18.2 Å². The largest absolute Gasteiger partial charge is 0.744 e. The second-order valence-corrected chi connectivity index (χ2v) is 14.9. The maximum absolute atomic E-state index is 11.6. The van der Waals surface area contributed by atoms with Crippen LogP contribution in [0, 0.1) is 0 Å². The van der Waals surface area contributed by atoms with Gasteiger partial charge in [-0.1, -0.05) is 43.7 Å². The van der Waals surface area contributed by atoms with Gasteiger partial charge in [-0.15, -0.1) is 0 Å². The molecule has 9 nitrogen and oxygen atoms in total. The lowest BCUT2D eigenvalue weighted by atomic mass is 9.81. The van der Waals surface area contributed by atoms with Crippen LogP contribution in [0.4, 0.5) is 11.4 Å². The summed E-state index contributed by atoms with van der Waals surface area (Å²) in [4.78, 5) is 4.27. The van der Waals surface area contributed by atoms with Crippen molar-refractivity contribution in [3.63, 3.8) is 0 Å². The first kappa shape index (κ1) is 38.4. The molecular formula is C36H49N3O6S2. The molecule has 11 heteroatoms. The highest BCUT2D eigenvalue weighted by Crippen LogP contribution is 2.47. The zero-order chi connectivity index (χ0) is 35.2. The number of hydrogen-bond acceptors (Lipinski definition) is 8. The van der Waals surface area contributed by atoms with Gasteiger partial charge in [0.1, 0.15) is 17.2 Å². The van der Waals surface area contributed by atoms with Gasteiger partial charge in [-0.3, -0.25) is 5.04 Å². The van der Waals surface area contributed by atoms with Crippen LogP contribution in [0.25, 0.3) is 0 Å². The molecule has 4 rings (SSSR count). The molecule has 1 N–H and O–H groups in total. The topological polar surface area (TPSA) is 109 Å². The molecular weight excluding hydrogens is 635 g/mol. The summed E-state index contributed by atoms with van der Waals surface area (Å²) in [6.45, 7) is 20.9. The Hall–Kier alpha value is -3.03. The van der Waals surface area contributed by atoms with Crippen LogP contribution in [0.3, 0.4) is 0 Å². The molecule has 0 saturated heterocycles. The molecule has 0 aromatic heterocycles. The third-order valence-electron chi connectivity index (χ3n) is 9.18. The van der Waals surface area contributed by atoms with E-state index >= 15 is 0 Å². The summed E-state index contributed by atoms with van der Waals surface area (Å²) in [6, 6.07) is 10.4. The van der Waals surface area contributed by atoms with Gasteiger partial charge in [-0.05, 0) is 83.5 Å². The van der Waals surface area contributed by atoms with E-state index < -0.39 is 15.5 Å². The number of quaternary nitrogens is 1. The third-order valence-corrected chi connectivity index (χ3v) is 10.6. The minimum absolute atomic E-state index is 0.214. The third kappa shape index (κ3) is 8.72. The van der Waals surface area contributed by atoms with Crippen LogP contribution < -0.4 is 15.1 Å². The predicted molar refractivity (Wildman–Crippen MR) is 187 cm³/mol. The lowest BCUT2D eigenvalue weighted by Gasteiger charge is -2.23. The highest BCUT2D eigenvalue weighted by molar-refractivity contribution is 7.94. The fraction of sp³-hybridized carbons (Fsp3) is 0.417. The number of nitrogens with one attached hydrogen (secondary N) is 1. The van der Waals surface area contributed by atoms with Crippen LogP contribution in [0.2, 0.25) is 0 Å². The summed E-state index contributed by atoms with van der Waals surface area (Å²) >= 11 is 0.884. The maximum atomic E-state index is 11.6. The molecule has 0 atom stereocenters. The van der Waals surface area contributed by atoms with Gasteiger partial charge in [0.15, 0.2) is 5.71 Å². The summed E-state index contributed by atoms with van der Waals surface area (Å²) in [7, 11) is -0.555. The van der Waals surface area contributed by atoms with E-state index in [4.69, 9.17) is 0 Å². The van der Waals surface area contributed by atoms with E-state index in [1.54, 1.807) is 11.0 Å². The van der Waals surface area contributed by atoms with Gasteiger partial charge in [0.25, 0.3) is 0 Å².